The third kappa shape index (κ3) is 3.27. The van der Waals surface area contributed by atoms with E-state index >= 15 is 0 Å². The van der Waals surface area contributed by atoms with Crippen LogP contribution in [0.3, 0.4) is 0 Å². The van der Waals surface area contributed by atoms with Crippen molar-refractivity contribution in [2.45, 2.75) is 45.3 Å². The zero-order valence-corrected chi connectivity index (χ0v) is 15.4. The van der Waals surface area contributed by atoms with Gasteiger partial charge in [-0.1, -0.05) is 36.7 Å². The average molecular weight is 370 g/mol. The van der Waals surface area contributed by atoms with Crippen molar-refractivity contribution in [1.82, 2.24) is 5.32 Å². The van der Waals surface area contributed by atoms with Crippen molar-refractivity contribution in [2.75, 3.05) is 18.1 Å². The first kappa shape index (κ1) is 15.7. The van der Waals surface area contributed by atoms with E-state index in [2.05, 4.69) is 60.2 Å². The summed E-state index contributed by atoms with van der Waals surface area (Å²) in [6.07, 6.45) is 2.21. The number of fused-ring (bicyclic) bond motifs is 1. The summed E-state index contributed by atoms with van der Waals surface area (Å²) in [6, 6.07) is 6.81. The van der Waals surface area contributed by atoms with Crippen LogP contribution in [0.1, 0.15) is 45.2 Å². The van der Waals surface area contributed by atoms with E-state index in [1.807, 2.05) is 11.8 Å². The molecule has 1 aromatic rings. The van der Waals surface area contributed by atoms with Gasteiger partial charge in [0.05, 0.1) is 0 Å². The Hall–Kier alpha value is -0.190. The predicted molar refractivity (Wildman–Crippen MR) is 94.3 cm³/mol. The predicted octanol–water partition coefficient (Wildman–Crippen LogP) is 4.78. The van der Waals surface area contributed by atoms with Crippen LogP contribution in [0.25, 0.3) is 0 Å². The topological polar surface area (TPSA) is 21.3 Å². The molecular weight excluding hydrogens is 346 g/mol. The zero-order valence-electron chi connectivity index (χ0n) is 13.0. The average Bonchev–Trinajstić information content (AvgIpc) is 2.39. The molecule has 1 aromatic carbocycles. The molecular formula is C17H24BrNOS. The van der Waals surface area contributed by atoms with Crippen molar-refractivity contribution in [3.8, 4) is 5.75 Å². The summed E-state index contributed by atoms with van der Waals surface area (Å²) in [4.78, 5) is 0. The molecule has 2 aliphatic heterocycles. The lowest BCUT2D eigenvalue weighted by molar-refractivity contribution is 0.0121. The summed E-state index contributed by atoms with van der Waals surface area (Å²) >= 11 is 5.63. The quantitative estimate of drug-likeness (QED) is 0.809. The van der Waals surface area contributed by atoms with Gasteiger partial charge in [-0.3, -0.25) is 0 Å². The van der Waals surface area contributed by atoms with Crippen molar-refractivity contribution >= 4 is 27.7 Å². The number of benzene rings is 1. The van der Waals surface area contributed by atoms with Crippen LogP contribution in [0.15, 0.2) is 22.7 Å². The molecule has 2 nitrogen and oxygen atoms in total. The van der Waals surface area contributed by atoms with E-state index in [-0.39, 0.29) is 5.60 Å². The molecule has 0 amide bonds. The lowest BCUT2D eigenvalue weighted by Crippen LogP contribution is -2.51. The molecule has 3 rings (SSSR count). The minimum absolute atomic E-state index is 0.0138. The second kappa shape index (κ2) is 5.78. The van der Waals surface area contributed by atoms with Crippen LogP contribution in [-0.4, -0.2) is 23.7 Å². The first-order chi connectivity index (χ1) is 9.93. The molecule has 1 saturated heterocycles. The Labute approximate surface area is 140 Å². The number of nitrogens with one attached hydrogen (secondary N) is 1. The van der Waals surface area contributed by atoms with Crippen LogP contribution in [0, 0.1) is 5.41 Å². The molecule has 0 bridgehead atoms. The first-order valence-electron chi connectivity index (χ1n) is 7.73. The highest BCUT2D eigenvalue weighted by molar-refractivity contribution is 9.10. The lowest BCUT2D eigenvalue weighted by Gasteiger charge is -2.49. The van der Waals surface area contributed by atoms with Gasteiger partial charge in [0.25, 0.3) is 0 Å². The Morgan fingerprint density at radius 3 is 2.90 bits per heavy atom. The zero-order chi connectivity index (χ0) is 15.1. The Kier molecular flexibility index (Phi) is 4.32. The van der Waals surface area contributed by atoms with E-state index in [1.54, 1.807) is 0 Å². The molecule has 2 unspecified atom stereocenters. The van der Waals surface area contributed by atoms with Crippen molar-refractivity contribution in [2.24, 2.45) is 5.41 Å². The fourth-order valence-electron chi connectivity index (χ4n) is 3.75. The molecule has 116 valence electrons. The maximum absolute atomic E-state index is 6.55. The lowest BCUT2D eigenvalue weighted by atomic mass is 9.76. The molecule has 21 heavy (non-hydrogen) atoms. The standard InChI is InChI=1S/C17H24BrNOS/c1-4-19-14-8-17(9-16(2,3)10-21-11-17)20-15-6-5-12(18)7-13(14)15/h5-7,14,19H,4,8-11H2,1-3H3. The van der Waals surface area contributed by atoms with Crippen LogP contribution in [0.5, 0.6) is 5.75 Å². The molecule has 0 aromatic heterocycles. The maximum Gasteiger partial charge on any atom is 0.125 e. The monoisotopic (exact) mass is 369 g/mol. The molecule has 0 aliphatic carbocycles. The van der Waals surface area contributed by atoms with Gasteiger partial charge in [0.1, 0.15) is 11.4 Å². The fraction of sp³-hybridized carbons (Fsp3) is 0.647. The molecule has 4 heteroatoms. The van der Waals surface area contributed by atoms with Crippen molar-refractivity contribution in [3.05, 3.63) is 28.2 Å². The molecule has 2 aliphatic rings. The first-order valence-corrected chi connectivity index (χ1v) is 9.67. The van der Waals surface area contributed by atoms with Gasteiger partial charge in [-0.2, -0.15) is 11.8 Å². The van der Waals surface area contributed by atoms with Crippen LogP contribution >= 0.6 is 27.7 Å². The van der Waals surface area contributed by atoms with E-state index in [0.717, 1.165) is 35.4 Å². The van der Waals surface area contributed by atoms with E-state index in [9.17, 15) is 0 Å². The number of ether oxygens (including phenoxy) is 1. The second-order valence-electron chi connectivity index (χ2n) is 7.12. The third-order valence-corrected chi connectivity index (χ3v) is 6.57. The molecule has 2 atom stereocenters. The highest BCUT2D eigenvalue weighted by Crippen LogP contribution is 2.49. The van der Waals surface area contributed by atoms with Gasteiger partial charge in [-0.25, -0.2) is 0 Å². The van der Waals surface area contributed by atoms with Crippen LogP contribution in [0.2, 0.25) is 0 Å². The van der Waals surface area contributed by atoms with Crippen LogP contribution in [0.4, 0.5) is 0 Å². The summed E-state index contributed by atoms with van der Waals surface area (Å²) in [5, 5.41) is 3.66. The van der Waals surface area contributed by atoms with Gasteiger partial charge in [0.15, 0.2) is 0 Å². The smallest absolute Gasteiger partial charge is 0.125 e. The van der Waals surface area contributed by atoms with E-state index in [1.165, 1.54) is 11.3 Å². The van der Waals surface area contributed by atoms with E-state index in [0.29, 0.717) is 11.5 Å². The Morgan fingerprint density at radius 2 is 2.19 bits per heavy atom. The van der Waals surface area contributed by atoms with Gasteiger partial charge in [-0.15, -0.1) is 0 Å². The Bertz CT molecular complexity index is 534. The molecule has 0 radical (unpaired) electrons. The Balaban J connectivity index is 1.95. The normalized spacial score (nSPS) is 30.8. The highest BCUT2D eigenvalue weighted by atomic mass is 79.9. The van der Waals surface area contributed by atoms with Crippen molar-refractivity contribution < 1.29 is 4.74 Å². The van der Waals surface area contributed by atoms with Crippen LogP contribution in [-0.2, 0) is 0 Å². The summed E-state index contributed by atoms with van der Waals surface area (Å²) in [6.45, 7) is 7.90. The number of thioether (sulfide) groups is 1. The van der Waals surface area contributed by atoms with E-state index < -0.39 is 0 Å². The van der Waals surface area contributed by atoms with Gasteiger partial charge in [0, 0.05) is 28.3 Å². The van der Waals surface area contributed by atoms with E-state index in [4.69, 9.17) is 4.74 Å². The van der Waals surface area contributed by atoms with Gasteiger partial charge in [0.2, 0.25) is 0 Å². The number of hydrogen-bond acceptors (Lipinski definition) is 3. The molecule has 1 N–H and O–H groups in total. The number of rotatable bonds is 2. The van der Waals surface area contributed by atoms with Crippen LogP contribution < -0.4 is 10.1 Å². The van der Waals surface area contributed by atoms with Gasteiger partial charge in [-0.05, 0) is 42.3 Å². The second-order valence-corrected chi connectivity index (χ2v) is 9.02. The largest absolute Gasteiger partial charge is 0.486 e. The molecule has 2 heterocycles. The summed E-state index contributed by atoms with van der Waals surface area (Å²) in [5.41, 5.74) is 1.64. The van der Waals surface area contributed by atoms with Crippen molar-refractivity contribution in [1.29, 1.82) is 0 Å². The number of halogens is 1. The van der Waals surface area contributed by atoms with Gasteiger partial charge >= 0.3 is 0 Å². The summed E-state index contributed by atoms with van der Waals surface area (Å²) < 4.78 is 7.67. The number of hydrogen-bond donors (Lipinski definition) is 1. The SMILES string of the molecule is CCNC1CC2(CSCC(C)(C)C2)Oc2ccc(Br)cc21. The minimum atomic E-state index is -0.0138. The Morgan fingerprint density at radius 1 is 1.38 bits per heavy atom. The highest BCUT2D eigenvalue weighted by Gasteiger charge is 2.47. The summed E-state index contributed by atoms with van der Waals surface area (Å²) in [5.74, 6) is 3.40. The summed E-state index contributed by atoms with van der Waals surface area (Å²) in [7, 11) is 0. The molecule has 1 spiro atoms. The third-order valence-electron chi connectivity index (χ3n) is 4.36. The fourth-order valence-corrected chi connectivity index (χ4v) is 5.54. The maximum atomic E-state index is 6.55. The minimum Gasteiger partial charge on any atom is -0.486 e. The van der Waals surface area contributed by atoms with Crippen molar-refractivity contribution in [3.63, 3.8) is 0 Å². The van der Waals surface area contributed by atoms with Gasteiger partial charge < -0.3 is 10.1 Å². The molecule has 1 fully saturated rings. The molecule has 0 saturated carbocycles.